The number of esters is 1. The van der Waals surface area contributed by atoms with E-state index in [4.69, 9.17) is 14.9 Å². The number of ether oxygens (including phenoxy) is 1. The first-order valence-electron chi connectivity index (χ1n) is 11.8. The van der Waals surface area contributed by atoms with Gasteiger partial charge in [-0.2, -0.15) is 5.48 Å². The number of aromatic nitrogens is 3. The number of aryl methyl sites for hydroxylation is 2. The molecule has 2 aromatic heterocycles. The van der Waals surface area contributed by atoms with Gasteiger partial charge in [-0.05, 0) is 52.7 Å². The first kappa shape index (κ1) is 25.8. The van der Waals surface area contributed by atoms with E-state index in [1.807, 2.05) is 62.0 Å². The fraction of sp³-hybridized carbons (Fsp3) is 0.407. The zero-order valence-electron chi connectivity index (χ0n) is 21.5. The Morgan fingerprint density at radius 1 is 1.17 bits per heavy atom. The van der Waals surface area contributed by atoms with Crippen molar-refractivity contribution in [1.82, 2.24) is 20.2 Å². The lowest BCUT2D eigenvalue weighted by Crippen LogP contribution is -2.25. The summed E-state index contributed by atoms with van der Waals surface area (Å²) < 4.78 is 7.65. The summed E-state index contributed by atoms with van der Waals surface area (Å²) in [4.78, 5) is 19.2. The van der Waals surface area contributed by atoms with Gasteiger partial charge in [0.15, 0.2) is 5.82 Å². The molecule has 3 aromatic rings. The lowest BCUT2D eigenvalue weighted by atomic mass is 9.98. The van der Waals surface area contributed by atoms with Gasteiger partial charge in [-0.1, -0.05) is 36.1 Å². The number of nitrogens with zero attached hydrogens (tertiary/aromatic N) is 4. The third-order valence-electron chi connectivity index (χ3n) is 5.83. The Balaban J connectivity index is 1.80. The van der Waals surface area contributed by atoms with Crippen molar-refractivity contribution < 1.29 is 14.7 Å². The van der Waals surface area contributed by atoms with Gasteiger partial charge in [0.2, 0.25) is 0 Å². The minimum Gasteiger partial charge on any atom is -0.460 e. The van der Waals surface area contributed by atoms with Crippen molar-refractivity contribution in [2.75, 3.05) is 6.54 Å². The van der Waals surface area contributed by atoms with Crippen LogP contribution in [0.1, 0.15) is 72.0 Å². The van der Waals surface area contributed by atoms with E-state index in [0.29, 0.717) is 12.2 Å². The standard InChI is InChI=1S/C27H31N5O3S/c1-16-17(2)36-26-23(16)24(20-12-10-19(11-13-20)9-7-8-14-28-34)29-21(15-22(33)35-27(4,5)6)25-31-30-18(3)32(25)26/h10-13,21,28,34H,9,14-15H2,1-6H3. The highest BCUT2D eigenvalue weighted by molar-refractivity contribution is 7.15. The van der Waals surface area contributed by atoms with Gasteiger partial charge in [0, 0.05) is 22.4 Å². The van der Waals surface area contributed by atoms with Gasteiger partial charge in [-0.25, -0.2) is 0 Å². The molecule has 1 atom stereocenters. The lowest BCUT2D eigenvalue weighted by Gasteiger charge is -2.21. The zero-order chi connectivity index (χ0) is 26.0. The van der Waals surface area contributed by atoms with E-state index in [0.717, 1.165) is 38.8 Å². The molecule has 1 aromatic carbocycles. The molecule has 4 rings (SSSR count). The van der Waals surface area contributed by atoms with Gasteiger partial charge in [-0.3, -0.25) is 14.4 Å². The SMILES string of the molecule is Cc1sc2c(c1C)C(c1ccc(CC#CCNO)cc1)=NC(CC(=O)OC(C)(C)C)c1nnc(C)n1-2. The van der Waals surface area contributed by atoms with Gasteiger partial charge in [-0.15, -0.1) is 21.5 Å². The summed E-state index contributed by atoms with van der Waals surface area (Å²) >= 11 is 1.68. The minimum absolute atomic E-state index is 0.0679. The van der Waals surface area contributed by atoms with E-state index < -0.39 is 11.6 Å². The van der Waals surface area contributed by atoms with Gasteiger partial charge < -0.3 is 9.94 Å². The topological polar surface area (TPSA) is 102 Å². The number of nitrogens with one attached hydrogen (secondary N) is 1. The van der Waals surface area contributed by atoms with E-state index >= 15 is 0 Å². The molecule has 0 aliphatic carbocycles. The molecule has 1 aliphatic heterocycles. The third-order valence-corrected chi connectivity index (χ3v) is 7.02. The molecule has 188 valence electrons. The number of rotatable bonds is 5. The van der Waals surface area contributed by atoms with Crippen molar-refractivity contribution >= 4 is 23.0 Å². The lowest BCUT2D eigenvalue weighted by molar-refractivity contribution is -0.155. The molecule has 1 unspecified atom stereocenters. The van der Waals surface area contributed by atoms with Crippen LogP contribution in [0.15, 0.2) is 29.3 Å². The van der Waals surface area contributed by atoms with Crippen LogP contribution in [-0.4, -0.2) is 43.8 Å². The Bertz CT molecular complexity index is 1370. The van der Waals surface area contributed by atoms with Crippen LogP contribution in [0.25, 0.3) is 5.00 Å². The summed E-state index contributed by atoms with van der Waals surface area (Å²) in [6, 6.07) is 7.62. The summed E-state index contributed by atoms with van der Waals surface area (Å²) in [5.74, 6) is 6.95. The van der Waals surface area contributed by atoms with Crippen molar-refractivity contribution in [2.45, 2.75) is 66.0 Å². The number of aliphatic imine (C=N–C) groups is 1. The highest BCUT2D eigenvalue weighted by atomic mass is 32.1. The Morgan fingerprint density at radius 3 is 2.56 bits per heavy atom. The van der Waals surface area contributed by atoms with Gasteiger partial charge >= 0.3 is 5.97 Å². The molecule has 9 heteroatoms. The van der Waals surface area contributed by atoms with Gasteiger partial charge in [0.05, 0.1) is 18.7 Å². The van der Waals surface area contributed by atoms with E-state index in [1.165, 1.54) is 4.88 Å². The van der Waals surface area contributed by atoms with Crippen LogP contribution < -0.4 is 5.48 Å². The second kappa shape index (κ2) is 10.3. The van der Waals surface area contributed by atoms with Crippen LogP contribution in [0.3, 0.4) is 0 Å². The first-order chi connectivity index (χ1) is 17.1. The molecule has 0 spiro atoms. The Kier molecular flexibility index (Phi) is 7.41. The number of carbonyl (C=O) groups is 1. The molecule has 1 aliphatic rings. The van der Waals surface area contributed by atoms with Crippen LogP contribution in [0.4, 0.5) is 0 Å². The predicted octanol–water partition coefficient (Wildman–Crippen LogP) is 4.40. The molecular formula is C27H31N5O3S. The molecule has 2 N–H and O–H groups in total. The van der Waals surface area contributed by atoms with Crippen molar-refractivity contribution in [3.05, 3.63) is 63.0 Å². The van der Waals surface area contributed by atoms with E-state index in [-0.39, 0.29) is 18.9 Å². The van der Waals surface area contributed by atoms with Crippen LogP contribution in [0, 0.1) is 32.6 Å². The van der Waals surface area contributed by atoms with Crippen molar-refractivity contribution in [1.29, 1.82) is 0 Å². The number of hydrogen-bond acceptors (Lipinski definition) is 8. The average molecular weight is 506 g/mol. The largest absolute Gasteiger partial charge is 0.460 e. The highest BCUT2D eigenvalue weighted by Crippen LogP contribution is 2.39. The summed E-state index contributed by atoms with van der Waals surface area (Å²) in [7, 11) is 0. The smallest absolute Gasteiger partial charge is 0.308 e. The van der Waals surface area contributed by atoms with Crippen molar-refractivity contribution in [3.8, 4) is 16.8 Å². The maximum atomic E-state index is 12.8. The Morgan fingerprint density at radius 2 is 1.89 bits per heavy atom. The van der Waals surface area contributed by atoms with Crippen LogP contribution >= 0.6 is 11.3 Å². The van der Waals surface area contributed by atoms with Crippen molar-refractivity contribution in [3.63, 3.8) is 0 Å². The number of hydroxylamine groups is 1. The second-order valence-corrected chi connectivity index (χ2v) is 11.0. The molecular weight excluding hydrogens is 474 g/mol. The average Bonchev–Trinajstić information content (AvgIpc) is 3.28. The highest BCUT2D eigenvalue weighted by Gasteiger charge is 2.33. The summed E-state index contributed by atoms with van der Waals surface area (Å²) in [6.45, 7) is 11.9. The molecule has 3 heterocycles. The monoisotopic (exact) mass is 505 g/mol. The summed E-state index contributed by atoms with van der Waals surface area (Å²) in [5.41, 5.74) is 6.48. The Hall–Kier alpha value is -3.32. The molecule has 0 radical (unpaired) electrons. The number of benzene rings is 1. The molecule has 36 heavy (non-hydrogen) atoms. The third kappa shape index (κ3) is 5.41. The normalized spacial score (nSPS) is 14.8. The molecule has 0 bridgehead atoms. The van der Waals surface area contributed by atoms with E-state index in [2.05, 4.69) is 35.9 Å². The van der Waals surface area contributed by atoms with Crippen molar-refractivity contribution in [2.24, 2.45) is 4.99 Å². The molecule has 0 saturated heterocycles. The number of fused-ring (bicyclic) bond motifs is 3. The maximum absolute atomic E-state index is 12.8. The van der Waals surface area contributed by atoms with E-state index in [9.17, 15) is 4.79 Å². The van der Waals surface area contributed by atoms with Gasteiger partial charge in [0.1, 0.15) is 22.5 Å². The molecule has 8 nitrogen and oxygen atoms in total. The van der Waals surface area contributed by atoms with Crippen LogP contribution in [0.5, 0.6) is 0 Å². The first-order valence-corrected chi connectivity index (χ1v) is 12.6. The number of hydrogen-bond donors (Lipinski definition) is 2. The summed E-state index contributed by atoms with van der Waals surface area (Å²) in [6.07, 6.45) is 0.649. The van der Waals surface area contributed by atoms with Crippen LogP contribution in [0.2, 0.25) is 0 Å². The Labute approximate surface area is 215 Å². The molecule has 0 fully saturated rings. The van der Waals surface area contributed by atoms with Gasteiger partial charge in [0.25, 0.3) is 0 Å². The summed E-state index contributed by atoms with van der Waals surface area (Å²) in [5, 5.41) is 18.4. The number of thiophene rings is 1. The quantitative estimate of drug-likeness (QED) is 0.303. The minimum atomic E-state index is -0.587. The van der Waals surface area contributed by atoms with Crippen LogP contribution in [-0.2, 0) is 16.0 Å². The second-order valence-electron chi connectivity index (χ2n) is 9.75. The zero-order valence-corrected chi connectivity index (χ0v) is 22.3. The van der Waals surface area contributed by atoms with E-state index in [1.54, 1.807) is 11.3 Å². The fourth-order valence-electron chi connectivity index (χ4n) is 4.11. The predicted molar refractivity (Wildman–Crippen MR) is 140 cm³/mol. The maximum Gasteiger partial charge on any atom is 0.308 e. The number of carbonyl (C=O) groups excluding carboxylic acids is 1. The fourth-order valence-corrected chi connectivity index (χ4v) is 5.33. The molecule has 0 saturated carbocycles. The molecule has 0 amide bonds.